The summed E-state index contributed by atoms with van der Waals surface area (Å²) in [5, 5.41) is 8.48. The van der Waals surface area contributed by atoms with Gasteiger partial charge in [0.05, 0.1) is 12.7 Å². The van der Waals surface area contributed by atoms with E-state index >= 15 is 0 Å². The quantitative estimate of drug-likeness (QED) is 0.552. The van der Waals surface area contributed by atoms with Gasteiger partial charge in [0, 0.05) is 54.3 Å². The van der Waals surface area contributed by atoms with Crippen molar-refractivity contribution < 1.29 is 19.1 Å². The van der Waals surface area contributed by atoms with Crippen LogP contribution in [-0.2, 0) is 9.47 Å². The van der Waals surface area contributed by atoms with E-state index < -0.39 is 5.60 Å². The summed E-state index contributed by atoms with van der Waals surface area (Å²) in [4.78, 5) is 34.3. The average molecular weight is 539 g/mol. The van der Waals surface area contributed by atoms with E-state index in [0.717, 1.165) is 42.8 Å². The van der Waals surface area contributed by atoms with Gasteiger partial charge >= 0.3 is 12.2 Å². The second-order valence-electron chi connectivity index (χ2n) is 13.2. The number of carbonyl (C=O) groups is 2. The number of hydrogen-bond donors (Lipinski definition) is 1. The third-order valence-electron chi connectivity index (χ3n) is 8.50. The molecule has 2 aromatic heterocycles. The van der Waals surface area contributed by atoms with Crippen LogP contribution in [0.25, 0.3) is 5.65 Å². The maximum Gasteiger partial charge on any atom is 0.410 e. The number of likely N-dealkylation sites (tertiary alicyclic amines) is 1. The Hall–Kier alpha value is -3.04. The number of ether oxygens (including phenoxy) is 2. The van der Waals surface area contributed by atoms with Crippen molar-refractivity contribution in [3.05, 3.63) is 23.5 Å². The van der Waals surface area contributed by atoms with Gasteiger partial charge in [-0.15, -0.1) is 0 Å². The van der Waals surface area contributed by atoms with E-state index in [1.165, 1.54) is 18.4 Å². The Morgan fingerprint density at radius 2 is 1.77 bits per heavy atom. The molecule has 10 nitrogen and oxygen atoms in total. The Balaban J connectivity index is 1.10. The number of carbonyl (C=O) groups excluding carboxylic acids is 2. The highest BCUT2D eigenvalue weighted by Crippen LogP contribution is 2.41. The molecule has 2 aromatic rings. The lowest BCUT2D eigenvalue weighted by atomic mass is 9.97. The average Bonchev–Trinajstić information content (AvgIpc) is 3.32. The molecule has 0 aromatic carbocycles. The molecular formula is C29H42N6O4. The van der Waals surface area contributed by atoms with Gasteiger partial charge in [-0.05, 0) is 65.2 Å². The third-order valence-corrected chi connectivity index (χ3v) is 8.50. The first-order chi connectivity index (χ1) is 18.6. The number of nitrogens with zero attached hydrogens (tertiary/aromatic N) is 5. The fourth-order valence-corrected chi connectivity index (χ4v) is 6.42. The van der Waals surface area contributed by atoms with Gasteiger partial charge in [-0.25, -0.2) is 14.6 Å². The minimum Gasteiger partial charge on any atom is -0.444 e. The second kappa shape index (κ2) is 9.86. The fraction of sp³-hybridized carbons (Fsp3) is 0.724. The maximum absolute atomic E-state index is 13.3. The van der Waals surface area contributed by atoms with Crippen LogP contribution >= 0.6 is 0 Å². The minimum atomic E-state index is -0.543. The Morgan fingerprint density at radius 1 is 1.05 bits per heavy atom. The molecule has 3 saturated heterocycles. The van der Waals surface area contributed by atoms with E-state index in [-0.39, 0.29) is 36.4 Å². The molecule has 212 valence electrons. The summed E-state index contributed by atoms with van der Waals surface area (Å²) in [5.41, 5.74) is 2.75. The first-order valence-electron chi connectivity index (χ1n) is 14.7. The van der Waals surface area contributed by atoms with Gasteiger partial charge in [-0.1, -0.05) is 13.8 Å². The molecule has 3 atom stereocenters. The highest BCUT2D eigenvalue weighted by molar-refractivity contribution is 5.71. The lowest BCUT2D eigenvalue weighted by molar-refractivity contribution is 0.0203. The maximum atomic E-state index is 13.3. The molecule has 3 aliphatic heterocycles. The van der Waals surface area contributed by atoms with Crippen LogP contribution in [0.3, 0.4) is 0 Å². The molecule has 10 heteroatoms. The Bertz CT molecular complexity index is 1230. The van der Waals surface area contributed by atoms with Crippen molar-refractivity contribution in [2.75, 3.05) is 18.4 Å². The van der Waals surface area contributed by atoms with Crippen LogP contribution < -0.4 is 5.32 Å². The van der Waals surface area contributed by atoms with Crippen LogP contribution in [0.1, 0.15) is 103 Å². The molecule has 6 rings (SSSR count). The molecule has 5 heterocycles. The van der Waals surface area contributed by atoms with Crippen LogP contribution in [0.5, 0.6) is 0 Å². The zero-order valence-corrected chi connectivity index (χ0v) is 23.9. The monoisotopic (exact) mass is 538 g/mol. The van der Waals surface area contributed by atoms with Gasteiger partial charge in [0.25, 0.3) is 0 Å². The van der Waals surface area contributed by atoms with Gasteiger partial charge in [0.15, 0.2) is 5.65 Å². The summed E-state index contributed by atoms with van der Waals surface area (Å²) in [7, 11) is 0. The number of nitrogens with one attached hydrogen (secondary N) is 1. The number of rotatable bonds is 5. The summed E-state index contributed by atoms with van der Waals surface area (Å²) < 4.78 is 13.4. The van der Waals surface area contributed by atoms with Crippen molar-refractivity contribution in [1.29, 1.82) is 0 Å². The SMILES string of the molecule is CC(C)c1cnn2c(NC3CC4CCC(C3)N4C(=O)OC3CCN(C(=O)OC(C)(C)C)C3)cc(C3CC3)nc12. The van der Waals surface area contributed by atoms with Gasteiger partial charge in [-0.2, -0.15) is 9.61 Å². The summed E-state index contributed by atoms with van der Waals surface area (Å²) in [6.45, 7) is 10.9. The Morgan fingerprint density at radius 3 is 2.41 bits per heavy atom. The van der Waals surface area contributed by atoms with Crippen LogP contribution in [0.4, 0.5) is 15.4 Å². The van der Waals surface area contributed by atoms with Crippen molar-refractivity contribution >= 4 is 23.7 Å². The molecule has 4 aliphatic rings. The lowest BCUT2D eigenvalue weighted by Gasteiger charge is -2.39. The molecule has 2 amide bonds. The van der Waals surface area contributed by atoms with Gasteiger partial charge in [0.2, 0.25) is 0 Å². The van der Waals surface area contributed by atoms with E-state index in [9.17, 15) is 9.59 Å². The number of hydrogen-bond acceptors (Lipinski definition) is 7. The largest absolute Gasteiger partial charge is 0.444 e. The van der Waals surface area contributed by atoms with Crippen molar-refractivity contribution in [3.63, 3.8) is 0 Å². The van der Waals surface area contributed by atoms with Crippen molar-refractivity contribution in [3.8, 4) is 0 Å². The summed E-state index contributed by atoms with van der Waals surface area (Å²) in [6, 6.07) is 2.74. The van der Waals surface area contributed by atoms with E-state index in [4.69, 9.17) is 14.5 Å². The topological polar surface area (TPSA) is 101 Å². The zero-order chi connectivity index (χ0) is 27.5. The first kappa shape index (κ1) is 26.2. The van der Waals surface area contributed by atoms with Gasteiger partial charge in [-0.3, -0.25) is 0 Å². The second-order valence-corrected chi connectivity index (χ2v) is 13.2. The smallest absolute Gasteiger partial charge is 0.410 e. The fourth-order valence-electron chi connectivity index (χ4n) is 6.42. The van der Waals surface area contributed by atoms with Gasteiger partial charge in [0.1, 0.15) is 17.5 Å². The molecule has 39 heavy (non-hydrogen) atoms. The molecule has 1 aliphatic carbocycles. The van der Waals surface area contributed by atoms with E-state index in [1.54, 1.807) is 4.90 Å². The van der Waals surface area contributed by atoms with Gasteiger partial charge < -0.3 is 24.6 Å². The molecule has 3 unspecified atom stereocenters. The highest BCUT2D eigenvalue weighted by atomic mass is 16.6. The summed E-state index contributed by atoms with van der Waals surface area (Å²) >= 11 is 0. The van der Waals surface area contributed by atoms with E-state index in [2.05, 4.69) is 30.3 Å². The first-order valence-corrected chi connectivity index (χ1v) is 14.7. The number of aromatic nitrogens is 3. The molecule has 0 spiro atoms. The zero-order valence-electron chi connectivity index (χ0n) is 23.9. The highest BCUT2D eigenvalue weighted by Gasteiger charge is 2.45. The van der Waals surface area contributed by atoms with Crippen LogP contribution in [0.2, 0.25) is 0 Å². The normalized spacial score (nSPS) is 26.9. The van der Waals surface area contributed by atoms with Crippen LogP contribution in [0, 0.1) is 0 Å². The Kier molecular flexibility index (Phi) is 6.62. The number of piperidine rings is 1. The third kappa shape index (κ3) is 5.39. The number of amides is 2. The predicted octanol–water partition coefficient (Wildman–Crippen LogP) is 5.28. The standard InChI is InChI=1S/C29H42N6O4/c1-17(2)23-15-30-35-25(14-24(18-6-7-18)32-26(23)35)31-19-12-20-8-9-21(13-19)34(20)28(37)38-22-10-11-33(16-22)27(36)39-29(3,4)5/h14-15,17-22,31H,6-13,16H2,1-5H3. The van der Waals surface area contributed by atoms with Crippen molar-refractivity contribution in [2.24, 2.45) is 0 Å². The predicted molar refractivity (Wildman–Crippen MR) is 147 cm³/mol. The van der Waals surface area contributed by atoms with E-state index in [1.807, 2.05) is 36.4 Å². The van der Waals surface area contributed by atoms with Crippen LogP contribution in [0.15, 0.2) is 12.3 Å². The molecule has 4 fully saturated rings. The molecule has 2 bridgehead atoms. The number of anilines is 1. The molecule has 1 N–H and O–H groups in total. The van der Waals surface area contributed by atoms with Crippen molar-refractivity contribution in [1.82, 2.24) is 24.4 Å². The minimum absolute atomic E-state index is 0.154. The lowest BCUT2D eigenvalue weighted by Crippen LogP contribution is -2.50. The molecule has 1 saturated carbocycles. The molecular weight excluding hydrogens is 496 g/mol. The van der Waals surface area contributed by atoms with Crippen LogP contribution in [-0.4, -0.2) is 79.5 Å². The molecule has 0 radical (unpaired) electrons. The summed E-state index contributed by atoms with van der Waals surface area (Å²) in [5.74, 6) is 1.92. The number of fused-ring (bicyclic) bond motifs is 3. The van der Waals surface area contributed by atoms with Crippen molar-refractivity contribution in [2.45, 2.75) is 121 Å². The van der Waals surface area contributed by atoms with E-state index in [0.29, 0.717) is 31.3 Å². The summed E-state index contributed by atoms with van der Waals surface area (Å²) in [6.07, 6.45) is 7.85. The Labute approximate surface area is 230 Å².